The van der Waals surface area contributed by atoms with Gasteiger partial charge in [0.1, 0.15) is 0 Å². The van der Waals surface area contributed by atoms with Crippen LogP contribution in [0.3, 0.4) is 0 Å². The van der Waals surface area contributed by atoms with Crippen LogP contribution in [0.15, 0.2) is 11.7 Å². The van der Waals surface area contributed by atoms with E-state index >= 15 is 0 Å². The lowest BCUT2D eigenvalue weighted by Crippen LogP contribution is -2.51. The maximum Gasteiger partial charge on any atom is 0.241 e. The van der Waals surface area contributed by atoms with Crippen molar-refractivity contribution >= 4 is 17.2 Å². The largest absolute Gasteiger partial charge is 0.347 e. The number of carbonyl (C=O) groups is 1. The zero-order valence-corrected chi connectivity index (χ0v) is 10.4. The van der Waals surface area contributed by atoms with Gasteiger partial charge in [-0.05, 0) is 13.8 Å². The molecule has 0 saturated heterocycles. The van der Waals surface area contributed by atoms with Crippen molar-refractivity contribution in [2.45, 2.75) is 25.9 Å². The minimum absolute atomic E-state index is 0.0759. The first-order valence-electron chi connectivity index (χ1n) is 4.77. The topological polar surface area (TPSA) is 45.2 Å². The summed E-state index contributed by atoms with van der Waals surface area (Å²) in [6.45, 7) is 4.45. The normalized spacial score (nSPS) is 11.5. The van der Waals surface area contributed by atoms with E-state index in [1.54, 1.807) is 35.8 Å². The number of rotatable bonds is 4. The second-order valence-corrected chi connectivity index (χ2v) is 5.12. The van der Waals surface area contributed by atoms with Crippen LogP contribution in [0.25, 0.3) is 0 Å². The minimum Gasteiger partial charge on any atom is -0.347 e. The molecule has 1 amide bonds. The summed E-state index contributed by atoms with van der Waals surface area (Å²) < 4.78 is 0. The first-order chi connectivity index (χ1) is 6.93. The molecule has 0 unspecified atom stereocenters. The van der Waals surface area contributed by atoms with Gasteiger partial charge < -0.3 is 4.90 Å². The summed E-state index contributed by atoms with van der Waals surface area (Å²) >= 11 is 1.59. The molecule has 0 radical (unpaired) electrons. The first-order valence-corrected chi connectivity index (χ1v) is 5.65. The lowest BCUT2D eigenvalue weighted by Gasteiger charge is -2.28. The Morgan fingerprint density at radius 1 is 1.60 bits per heavy atom. The molecule has 0 bridgehead atoms. The summed E-state index contributed by atoms with van der Waals surface area (Å²) in [5.41, 5.74) is 1.26. The molecule has 1 aromatic heterocycles. The molecule has 4 nitrogen and oxygen atoms in total. The van der Waals surface area contributed by atoms with Crippen molar-refractivity contribution in [1.82, 2.24) is 15.2 Å². The van der Waals surface area contributed by atoms with Crippen LogP contribution in [0.1, 0.15) is 18.7 Å². The van der Waals surface area contributed by atoms with Crippen LogP contribution in [0.2, 0.25) is 0 Å². The second-order valence-electron chi connectivity index (χ2n) is 4.15. The van der Waals surface area contributed by atoms with Crippen LogP contribution in [0.5, 0.6) is 0 Å². The first kappa shape index (κ1) is 12.1. The van der Waals surface area contributed by atoms with Gasteiger partial charge >= 0.3 is 0 Å². The van der Waals surface area contributed by atoms with Crippen molar-refractivity contribution in [3.05, 3.63) is 16.6 Å². The van der Waals surface area contributed by atoms with E-state index in [9.17, 15) is 4.79 Å². The van der Waals surface area contributed by atoms with Gasteiger partial charge in [0, 0.05) is 31.7 Å². The van der Waals surface area contributed by atoms with Gasteiger partial charge in [0.25, 0.3) is 0 Å². The molecule has 1 N–H and O–H groups in total. The van der Waals surface area contributed by atoms with E-state index in [0.717, 1.165) is 4.88 Å². The molecule has 0 aliphatic carbocycles. The maximum absolute atomic E-state index is 11.8. The lowest BCUT2D eigenvalue weighted by atomic mass is 10.0. The second kappa shape index (κ2) is 4.72. The van der Waals surface area contributed by atoms with Crippen molar-refractivity contribution in [1.29, 1.82) is 0 Å². The van der Waals surface area contributed by atoms with Gasteiger partial charge in [-0.25, -0.2) is 0 Å². The monoisotopic (exact) mass is 227 g/mol. The highest BCUT2D eigenvalue weighted by molar-refractivity contribution is 7.09. The Morgan fingerprint density at radius 3 is 2.73 bits per heavy atom. The number of thiazole rings is 1. The summed E-state index contributed by atoms with van der Waals surface area (Å²) in [7, 11) is 3.52. The van der Waals surface area contributed by atoms with Crippen molar-refractivity contribution in [2.24, 2.45) is 0 Å². The van der Waals surface area contributed by atoms with Crippen LogP contribution in [-0.2, 0) is 11.3 Å². The number of nitrogens with zero attached hydrogens (tertiary/aromatic N) is 2. The highest BCUT2D eigenvalue weighted by Gasteiger charge is 2.28. The standard InChI is InChI=1S/C10H17N3OS/c1-10(2,9(14)13(3)4)12-6-8-5-11-7-15-8/h5,7,12H,6H2,1-4H3. The lowest BCUT2D eigenvalue weighted by molar-refractivity contribution is -0.134. The van der Waals surface area contributed by atoms with E-state index in [2.05, 4.69) is 10.3 Å². The van der Waals surface area contributed by atoms with E-state index in [1.165, 1.54) is 0 Å². The summed E-state index contributed by atoms with van der Waals surface area (Å²) in [6, 6.07) is 0. The fraction of sp³-hybridized carbons (Fsp3) is 0.600. The van der Waals surface area contributed by atoms with Crippen molar-refractivity contribution in [3.63, 3.8) is 0 Å². The molecule has 0 saturated carbocycles. The third-order valence-corrected chi connectivity index (χ3v) is 2.91. The van der Waals surface area contributed by atoms with E-state index in [0.29, 0.717) is 6.54 Å². The van der Waals surface area contributed by atoms with Gasteiger partial charge in [0.15, 0.2) is 0 Å². The molecule has 1 rings (SSSR count). The average molecular weight is 227 g/mol. The molecule has 0 atom stereocenters. The molecule has 0 aliphatic rings. The van der Waals surface area contributed by atoms with Gasteiger partial charge in [-0.1, -0.05) is 0 Å². The van der Waals surface area contributed by atoms with E-state index in [4.69, 9.17) is 0 Å². The zero-order valence-electron chi connectivity index (χ0n) is 9.57. The predicted octanol–water partition coefficient (Wildman–Crippen LogP) is 1.10. The van der Waals surface area contributed by atoms with Gasteiger partial charge in [0.2, 0.25) is 5.91 Å². The molecule has 5 heteroatoms. The van der Waals surface area contributed by atoms with Crippen LogP contribution < -0.4 is 5.32 Å². The number of hydrogen-bond donors (Lipinski definition) is 1. The van der Waals surface area contributed by atoms with E-state index in [1.807, 2.05) is 20.0 Å². The Bertz CT molecular complexity index is 319. The average Bonchev–Trinajstić information content (AvgIpc) is 2.66. The Hall–Kier alpha value is -0.940. The SMILES string of the molecule is CN(C)C(=O)C(C)(C)NCc1cncs1. The van der Waals surface area contributed by atoms with Crippen LogP contribution in [0.4, 0.5) is 0 Å². The van der Waals surface area contributed by atoms with E-state index < -0.39 is 5.54 Å². The smallest absolute Gasteiger partial charge is 0.241 e. The Kier molecular flexibility index (Phi) is 3.82. The van der Waals surface area contributed by atoms with E-state index in [-0.39, 0.29) is 5.91 Å². The maximum atomic E-state index is 11.8. The minimum atomic E-state index is -0.534. The van der Waals surface area contributed by atoms with Crippen molar-refractivity contribution < 1.29 is 4.79 Å². The third kappa shape index (κ3) is 3.28. The third-order valence-electron chi connectivity index (χ3n) is 2.13. The molecule has 0 fully saturated rings. The molecule has 0 aliphatic heterocycles. The van der Waals surface area contributed by atoms with Crippen molar-refractivity contribution in [2.75, 3.05) is 14.1 Å². The predicted molar refractivity (Wildman–Crippen MR) is 61.7 cm³/mol. The number of amides is 1. The number of carbonyl (C=O) groups excluding carboxylic acids is 1. The van der Waals surface area contributed by atoms with Gasteiger partial charge in [-0.2, -0.15) is 0 Å². The quantitative estimate of drug-likeness (QED) is 0.838. The molecule has 0 aromatic carbocycles. The van der Waals surface area contributed by atoms with Gasteiger partial charge in [-0.3, -0.25) is 15.1 Å². The Labute approximate surface area is 94.3 Å². The molecule has 1 aromatic rings. The highest BCUT2D eigenvalue weighted by atomic mass is 32.1. The number of nitrogens with one attached hydrogen (secondary N) is 1. The molecular weight excluding hydrogens is 210 g/mol. The molecule has 0 spiro atoms. The molecular formula is C10H17N3OS. The summed E-state index contributed by atoms with van der Waals surface area (Å²) in [5.74, 6) is 0.0759. The highest BCUT2D eigenvalue weighted by Crippen LogP contribution is 2.10. The summed E-state index contributed by atoms with van der Waals surface area (Å²) in [5, 5.41) is 3.22. The summed E-state index contributed by atoms with van der Waals surface area (Å²) in [4.78, 5) is 18.5. The zero-order chi connectivity index (χ0) is 11.5. The van der Waals surface area contributed by atoms with Crippen LogP contribution in [-0.4, -0.2) is 35.4 Å². The molecule has 1 heterocycles. The number of likely N-dealkylation sites (N-methyl/N-ethyl adjacent to an activating group) is 1. The van der Waals surface area contributed by atoms with Crippen molar-refractivity contribution in [3.8, 4) is 0 Å². The molecule has 15 heavy (non-hydrogen) atoms. The number of aromatic nitrogens is 1. The van der Waals surface area contributed by atoms with Gasteiger partial charge in [-0.15, -0.1) is 11.3 Å². The fourth-order valence-corrected chi connectivity index (χ4v) is 1.81. The van der Waals surface area contributed by atoms with Crippen LogP contribution in [0, 0.1) is 0 Å². The number of hydrogen-bond acceptors (Lipinski definition) is 4. The Morgan fingerprint density at radius 2 is 2.27 bits per heavy atom. The Balaban J connectivity index is 2.53. The van der Waals surface area contributed by atoms with Gasteiger partial charge in [0.05, 0.1) is 11.0 Å². The fourth-order valence-electron chi connectivity index (χ4n) is 1.27. The molecule has 84 valence electrons. The van der Waals surface area contributed by atoms with Crippen LogP contribution >= 0.6 is 11.3 Å². The summed E-state index contributed by atoms with van der Waals surface area (Å²) in [6.07, 6.45) is 1.81.